The molecule has 2 aliphatic rings. The highest BCUT2D eigenvalue weighted by molar-refractivity contribution is 5.80. The van der Waals surface area contributed by atoms with Crippen molar-refractivity contribution >= 4 is 0 Å². The fraction of sp³-hybridized carbons (Fsp3) is 0.286. The summed E-state index contributed by atoms with van der Waals surface area (Å²) < 4.78 is 0. The van der Waals surface area contributed by atoms with Gasteiger partial charge < -0.3 is 4.98 Å². The Balaban J connectivity index is 2.12. The molecule has 2 aliphatic carbocycles. The van der Waals surface area contributed by atoms with E-state index in [-0.39, 0.29) is 0 Å². The third-order valence-corrected chi connectivity index (χ3v) is 3.97. The van der Waals surface area contributed by atoms with Crippen LogP contribution in [0.25, 0.3) is 11.3 Å². The summed E-state index contributed by atoms with van der Waals surface area (Å²) in [6, 6.07) is 9.12. The number of aryl methyl sites for hydroxylation is 1. The van der Waals surface area contributed by atoms with Crippen molar-refractivity contribution in [1.29, 1.82) is 0 Å². The number of rotatable bonds is 0. The molecule has 0 amide bonds. The first kappa shape index (κ1) is 7.75. The minimum atomic E-state index is 0.399. The van der Waals surface area contributed by atoms with Gasteiger partial charge in [-0.15, -0.1) is 0 Å². The van der Waals surface area contributed by atoms with Gasteiger partial charge in [-0.1, -0.05) is 23.8 Å². The van der Waals surface area contributed by atoms with Crippen LogP contribution in [-0.4, -0.2) is 4.98 Å². The number of benzene rings is 1. The highest BCUT2D eigenvalue weighted by atomic mass is 14.7. The number of aromatic nitrogens is 1. The molecule has 15 heavy (non-hydrogen) atoms. The van der Waals surface area contributed by atoms with Gasteiger partial charge in [-0.25, -0.2) is 0 Å². The van der Waals surface area contributed by atoms with Crippen molar-refractivity contribution in [3.8, 4) is 11.3 Å². The van der Waals surface area contributed by atoms with Gasteiger partial charge in [0.05, 0.1) is 0 Å². The van der Waals surface area contributed by atoms with Crippen molar-refractivity contribution in [1.82, 2.24) is 4.98 Å². The summed E-state index contributed by atoms with van der Waals surface area (Å²) in [5.74, 6) is 0. The Labute approximate surface area is 89.1 Å². The number of hydrogen-bond donors (Lipinski definition) is 1. The van der Waals surface area contributed by atoms with Gasteiger partial charge in [0.1, 0.15) is 0 Å². The van der Waals surface area contributed by atoms with E-state index < -0.39 is 0 Å². The number of aromatic amines is 1. The standard InChI is InChI=1S/C14H13N/c1-9-2-3-10-12(8-9)14(5-6-14)11-4-7-15-13(10)11/h2-4,7-8,15H,5-6H2,1H3. The molecule has 0 unspecified atom stereocenters. The Hall–Kier alpha value is -1.50. The van der Waals surface area contributed by atoms with Crippen LogP contribution in [0, 0.1) is 6.92 Å². The summed E-state index contributed by atoms with van der Waals surface area (Å²) >= 11 is 0. The third kappa shape index (κ3) is 0.763. The van der Waals surface area contributed by atoms with E-state index in [4.69, 9.17) is 0 Å². The first-order valence-corrected chi connectivity index (χ1v) is 5.61. The average molecular weight is 195 g/mol. The Kier molecular flexibility index (Phi) is 1.13. The second kappa shape index (κ2) is 2.19. The Morgan fingerprint density at radius 1 is 1.13 bits per heavy atom. The molecule has 1 heterocycles. The van der Waals surface area contributed by atoms with Crippen molar-refractivity contribution < 1.29 is 0 Å². The lowest BCUT2D eigenvalue weighted by Crippen LogP contribution is -2.02. The molecule has 1 N–H and O–H groups in total. The molecule has 0 bridgehead atoms. The lowest BCUT2D eigenvalue weighted by atomic mass is 9.93. The Morgan fingerprint density at radius 3 is 2.80 bits per heavy atom. The molecule has 1 heteroatoms. The van der Waals surface area contributed by atoms with Gasteiger partial charge in [-0.3, -0.25) is 0 Å². The van der Waals surface area contributed by atoms with E-state index >= 15 is 0 Å². The Bertz CT molecular complexity index is 558. The molecule has 0 radical (unpaired) electrons. The van der Waals surface area contributed by atoms with E-state index in [2.05, 4.69) is 42.4 Å². The zero-order valence-electron chi connectivity index (χ0n) is 8.80. The molecule has 1 spiro atoms. The largest absolute Gasteiger partial charge is 0.361 e. The van der Waals surface area contributed by atoms with Crippen LogP contribution in [0.2, 0.25) is 0 Å². The van der Waals surface area contributed by atoms with Gasteiger partial charge in [-0.2, -0.15) is 0 Å². The SMILES string of the molecule is Cc1ccc2c(c1)C1(CC1)c1cc[nH]c1-2. The van der Waals surface area contributed by atoms with Gasteiger partial charge in [0, 0.05) is 22.9 Å². The van der Waals surface area contributed by atoms with Crippen molar-refractivity contribution in [3.63, 3.8) is 0 Å². The van der Waals surface area contributed by atoms with Crippen LogP contribution in [0.1, 0.15) is 29.5 Å². The zero-order valence-corrected chi connectivity index (χ0v) is 8.80. The maximum Gasteiger partial charge on any atom is 0.0498 e. The molecule has 1 aromatic heterocycles. The van der Waals surface area contributed by atoms with E-state index in [0.717, 1.165) is 0 Å². The quantitative estimate of drug-likeness (QED) is 0.663. The van der Waals surface area contributed by atoms with Gasteiger partial charge in [0.2, 0.25) is 0 Å². The summed E-state index contributed by atoms with van der Waals surface area (Å²) in [7, 11) is 0. The predicted octanol–water partition coefficient (Wildman–Crippen LogP) is 3.38. The lowest BCUT2D eigenvalue weighted by Gasteiger charge is -2.09. The number of hydrogen-bond acceptors (Lipinski definition) is 0. The van der Waals surface area contributed by atoms with Gasteiger partial charge in [0.25, 0.3) is 0 Å². The molecule has 0 saturated heterocycles. The Morgan fingerprint density at radius 2 is 2.00 bits per heavy atom. The van der Waals surface area contributed by atoms with Gasteiger partial charge >= 0.3 is 0 Å². The molecule has 0 atom stereocenters. The second-order valence-electron chi connectivity index (χ2n) is 4.90. The number of fused-ring (bicyclic) bond motifs is 5. The van der Waals surface area contributed by atoms with E-state index in [1.807, 2.05) is 0 Å². The summed E-state index contributed by atoms with van der Waals surface area (Å²) in [4.78, 5) is 3.39. The maximum absolute atomic E-state index is 3.39. The first-order chi connectivity index (χ1) is 7.31. The lowest BCUT2D eigenvalue weighted by molar-refractivity contribution is 0.880. The number of nitrogens with one attached hydrogen (secondary N) is 1. The van der Waals surface area contributed by atoms with Gasteiger partial charge in [0.15, 0.2) is 0 Å². The zero-order chi connectivity index (χ0) is 10.0. The van der Waals surface area contributed by atoms with Crippen molar-refractivity contribution in [3.05, 3.63) is 47.2 Å². The third-order valence-electron chi connectivity index (χ3n) is 3.97. The van der Waals surface area contributed by atoms with Crippen LogP contribution in [0.15, 0.2) is 30.5 Å². The molecule has 0 aliphatic heterocycles. The molecule has 1 aromatic carbocycles. The van der Waals surface area contributed by atoms with E-state index in [9.17, 15) is 0 Å². The van der Waals surface area contributed by atoms with Gasteiger partial charge in [-0.05, 0) is 37.0 Å². The first-order valence-electron chi connectivity index (χ1n) is 5.61. The minimum absolute atomic E-state index is 0.399. The fourth-order valence-electron chi connectivity index (χ4n) is 3.07. The van der Waals surface area contributed by atoms with Crippen molar-refractivity contribution in [2.75, 3.05) is 0 Å². The minimum Gasteiger partial charge on any atom is -0.361 e. The normalized spacial score (nSPS) is 19.0. The van der Waals surface area contributed by atoms with Crippen LogP contribution < -0.4 is 0 Å². The van der Waals surface area contributed by atoms with Crippen molar-refractivity contribution in [2.24, 2.45) is 0 Å². The molecule has 74 valence electrons. The fourth-order valence-corrected chi connectivity index (χ4v) is 3.07. The summed E-state index contributed by atoms with van der Waals surface area (Å²) in [5.41, 5.74) is 7.66. The molecule has 1 saturated carbocycles. The van der Waals surface area contributed by atoms with E-state index in [0.29, 0.717) is 5.41 Å². The maximum atomic E-state index is 3.39. The van der Waals surface area contributed by atoms with E-state index in [1.165, 1.54) is 35.2 Å². The molecule has 1 nitrogen and oxygen atoms in total. The van der Waals surface area contributed by atoms with Crippen molar-refractivity contribution in [2.45, 2.75) is 25.2 Å². The van der Waals surface area contributed by atoms with Crippen LogP contribution in [0.5, 0.6) is 0 Å². The molecule has 2 aromatic rings. The molecule has 1 fully saturated rings. The van der Waals surface area contributed by atoms with E-state index in [1.54, 1.807) is 5.56 Å². The highest BCUT2D eigenvalue weighted by Crippen LogP contribution is 2.62. The summed E-state index contributed by atoms with van der Waals surface area (Å²) in [6.07, 6.45) is 4.73. The smallest absolute Gasteiger partial charge is 0.0498 e. The average Bonchev–Trinajstić information content (AvgIpc) is 2.82. The molecular formula is C14H13N. The van der Waals surface area contributed by atoms with Crippen LogP contribution in [-0.2, 0) is 5.41 Å². The summed E-state index contributed by atoms with van der Waals surface area (Å²) in [6.45, 7) is 2.18. The summed E-state index contributed by atoms with van der Waals surface area (Å²) in [5, 5.41) is 0. The topological polar surface area (TPSA) is 15.8 Å². The second-order valence-corrected chi connectivity index (χ2v) is 4.90. The van der Waals surface area contributed by atoms with Crippen LogP contribution in [0.3, 0.4) is 0 Å². The van der Waals surface area contributed by atoms with Crippen LogP contribution in [0.4, 0.5) is 0 Å². The monoisotopic (exact) mass is 195 g/mol. The molecule has 4 rings (SSSR count). The highest BCUT2D eigenvalue weighted by Gasteiger charge is 2.52. The molecular weight excluding hydrogens is 182 g/mol. The van der Waals surface area contributed by atoms with Crippen LogP contribution >= 0.6 is 0 Å². The number of H-pyrrole nitrogens is 1. The predicted molar refractivity (Wildman–Crippen MR) is 61.0 cm³/mol.